The van der Waals surface area contributed by atoms with Crippen LogP contribution >= 0.6 is 34.8 Å². The number of benzene rings is 2. The quantitative estimate of drug-likeness (QED) is 0.226. The topological polar surface area (TPSA) is 43.1 Å². The molecule has 0 radical (unpaired) electrons. The summed E-state index contributed by atoms with van der Waals surface area (Å²) < 4.78 is 0.803. The molecule has 1 aliphatic heterocycles. The van der Waals surface area contributed by atoms with Crippen LogP contribution in [0.1, 0.15) is 24.5 Å². The SMILES string of the molecule is CN1CCC(c2cc(-c3ccccc3Cl)c3cc[n+]([O-])c(-c4c(Cl)cccc4Cl)c3n2)CC1. The summed E-state index contributed by atoms with van der Waals surface area (Å²) >= 11 is 19.7. The van der Waals surface area contributed by atoms with Crippen LogP contribution in [-0.2, 0) is 0 Å². The number of rotatable bonds is 3. The monoisotopic (exact) mass is 497 g/mol. The zero-order valence-electron chi connectivity index (χ0n) is 18.1. The van der Waals surface area contributed by atoms with Gasteiger partial charge in [-0.1, -0.05) is 59.1 Å². The lowest BCUT2D eigenvalue weighted by molar-refractivity contribution is -0.592. The summed E-state index contributed by atoms with van der Waals surface area (Å²) in [5, 5.41) is 15.4. The molecule has 168 valence electrons. The minimum Gasteiger partial charge on any atom is -0.618 e. The summed E-state index contributed by atoms with van der Waals surface area (Å²) in [7, 11) is 2.14. The molecule has 1 fully saturated rings. The molecule has 2 aromatic carbocycles. The third-order valence-electron chi connectivity index (χ3n) is 6.40. The smallest absolute Gasteiger partial charge is 0.253 e. The number of pyridine rings is 2. The number of likely N-dealkylation sites (tertiary alicyclic amines) is 1. The lowest BCUT2D eigenvalue weighted by atomic mass is 9.90. The average Bonchev–Trinajstić information content (AvgIpc) is 2.80. The van der Waals surface area contributed by atoms with Crippen LogP contribution in [0.3, 0.4) is 0 Å². The number of aromatic nitrogens is 2. The number of halogens is 3. The highest BCUT2D eigenvalue weighted by Crippen LogP contribution is 2.41. The van der Waals surface area contributed by atoms with Gasteiger partial charge in [0.25, 0.3) is 5.69 Å². The Morgan fingerprint density at radius 3 is 2.27 bits per heavy atom. The van der Waals surface area contributed by atoms with Crippen LogP contribution in [0.4, 0.5) is 0 Å². The molecular formula is C26H22Cl3N3O. The Hall–Kier alpha value is -2.37. The molecule has 0 bridgehead atoms. The molecule has 0 spiro atoms. The number of piperidine rings is 1. The standard InChI is InChI=1S/C26H22Cl3N3O/c1-31-12-9-16(10-13-31)23-15-19(17-5-2-3-6-20(17)27)18-11-14-32(33)26(25(18)30-23)24-21(28)7-4-8-22(24)29/h2-8,11,14-16H,9-10,12-13H2,1H3. The van der Waals surface area contributed by atoms with Crippen molar-refractivity contribution in [1.29, 1.82) is 0 Å². The van der Waals surface area contributed by atoms with Gasteiger partial charge in [0.05, 0.1) is 15.6 Å². The molecule has 33 heavy (non-hydrogen) atoms. The van der Waals surface area contributed by atoms with Gasteiger partial charge in [-0.15, -0.1) is 0 Å². The van der Waals surface area contributed by atoms with Crippen LogP contribution in [0.2, 0.25) is 15.1 Å². The minimum absolute atomic E-state index is 0.293. The van der Waals surface area contributed by atoms with Crippen LogP contribution in [-0.4, -0.2) is 30.0 Å². The highest BCUT2D eigenvalue weighted by atomic mass is 35.5. The number of fused-ring (bicyclic) bond motifs is 1. The highest BCUT2D eigenvalue weighted by molar-refractivity contribution is 6.39. The van der Waals surface area contributed by atoms with Crippen molar-refractivity contribution >= 4 is 45.7 Å². The second-order valence-corrected chi connectivity index (χ2v) is 9.72. The van der Waals surface area contributed by atoms with Gasteiger partial charge in [-0.2, -0.15) is 4.73 Å². The Balaban J connectivity index is 1.84. The third-order valence-corrected chi connectivity index (χ3v) is 7.36. The van der Waals surface area contributed by atoms with Crippen molar-refractivity contribution in [2.75, 3.05) is 20.1 Å². The maximum absolute atomic E-state index is 13.1. The van der Waals surface area contributed by atoms with Crippen LogP contribution in [0, 0.1) is 5.21 Å². The van der Waals surface area contributed by atoms with E-state index in [1.807, 2.05) is 24.3 Å². The summed E-state index contributed by atoms with van der Waals surface area (Å²) in [4.78, 5) is 7.39. The van der Waals surface area contributed by atoms with Crippen LogP contribution in [0.15, 0.2) is 60.8 Å². The van der Waals surface area contributed by atoms with E-state index in [-0.39, 0.29) is 0 Å². The Kier molecular flexibility index (Phi) is 6.19. The van der Waals surface area contributed by atoms with Crippen LogP contribution in [0.25, 0.3) is 33.3 Å². The molecule has 0 N–H and O–H groups in total. The van der Waals surface area contributed by atoms with Crippen molar-refractivity contribution in [2.24, 2.45) is 0 Å². The zero-order chi connectivity index (χ0) is 23.1. The van der Waals surface area contributed by atoms with E-state index in [1.165, 1.54) is 6.20 Å². The van der Waals surface area contributed by atoms with Gasteiger partial charge < -0.3 is 10.1 Å². The summed E-state index contributed by atoms with van der Waals surface area (Å²) in [6.07, 6.45) is 3.49. The first-order valence-corrected chi connectivity index (χ1v) is 12.0. The summed E-state index contributed by atoms with van der Waals surface area (Å²) in [6, 6.07) is 16.9. The van der Waals surface area contributed by atoms with E-state index in [4.69, 9.17) is 39.8 Å². The van der Waals surface area contributed by atoms with Gasteiger partial charge in [-0.3, -0.25) is 0 Å². The van der Waals surface area contributed by atoms with Crippen molar-refractivity contribution < 1.29 is 4.73 Å². The first-order valence-electron chi connectivity index (χ1n) is 10.9. The fraction of sp³-hybridized carbons (Fsp3) is 0.231. The van der Waals surface area contributed by atoms with Gasteiger partial charge in [0.1, 0.15) is 5.52 Å². The fourth-order valence-corrected chi connectivity index (χ4v) is 5.43. The Morgan fingerprint density at radius 1 is 0.909 bits per heavy atom. The average molecular weight is 499 g/mol. The van der Waals surface area contributed by atoms with E-state index in [0.29, 0.717) is 37.8 Å². The van der Waals surface area contributed by atoms with Gasteiger partial charge in [-0.25, -0.2) is 4.98 Å². The van der Waals surface area contributed by atoms with Crippen molar-refractivity contribution in [3.63, 3.8) is 0 Å². The van der Waals surface area contributed by atoms with Crippen LogP contribution < -0.4 is 4.73 Å². The number of hydrogen-bond donors (Lipinski definition) is 0. The van der Waals surface area contributed by atoms with E-state index in [0.717, 1.165) is 52.9 Å². The predicted molar refractivity (Wildman–Crippen MR) is 136 cm³/mol. The lowest BCUT2D eigenvalue weighted by Gasteiger charge is -2.29. The molecule has 4 aromatic rings. The van der Waals surface area contributed by atoms with Crippen molar-refractivity contribution in [2.45, 2.75) is 18.8 Å². The van der Waals surface area contributed by atoms with Crippen molar-refractivity contribution in [3.8, 4) is 22.4 Å². The Morgan fingerprint density at radius 2 is 1.58 bits per heavy atom. The molecule has 0 saturated carbocycles. The maximum Gasteiger partial charge on any atom is 0.253 e. The van der Waals surface area contributed by atoms with E-state index < -0.39 is 0 Å². The normalized spacial score (nSPS) is 15.3. The molecular weight excluding hydrogens is 477 g/mol. The van der Waals surface area contributed by atoms with Gasteiger partial charge >= 0.3 is 0 Å². The highest BCUT2D eigenvalue weighted by Gasteiger charge is 2.27. The molecule has 1 aliphatic rings. The summed E-state index contributed by atoms with van der Waals surface area (Å²) in [6.45, 7) is 2.01. The predicted octanol–water partition coefficient (Wildman–Crippen LogP) is 6.97. The van der Waals surface area contributed by atoms with E-state index >= 15 is 0 Å². The Bertz CT molecular complexity index is 1330. The fourth-order valence-electron chi connectivity index (χ4n) is 4.61. The first-order chi connectivity index (χ1) is 15.9. The van der Waals surface area contributed by atoms with Gasteiger partial charge in [0.2, 0.25) is 0 Å². The zero-order valence-corrected chi connectivity index (χ0v) is 20.3. The maximum atomic E-state index is 13.1. The molecule has 4 nitrogen and oxygen atoms in total. The molecule has 7 heteroatoms. The van der Waals surface area contributed by atoms with Gasteiger partial charge in [-0.05, 0) is 62.8 Å². The second-order valence-electron chi connectivity index (χ2n) is 8.50. The third kappa shape index (κ3) is 4.17. The Labute approximate surface area is 207 Å². The molecule has 0 amide bonds. The van der Waals surface area contributed by atoms with Crippen LogP contribution in [0.5, 0.6) is 0 Å². The molecule has 0 aliphatic carbocycles. The molecule has 3 heterocycles. The second kappa shape index (κ2) is 9.11. The largest absolute Gasteiger partial charge is 0.618 e. The molecule has 5 rings (SSSR count). The number of hydrogen-bond acceptors (Lipinski definition) is 3. The number of nitrogens with zero attached hydrogens (tertiary/aromatic N) is 3. The molecule has 1 saturated heterocycles. The van der Waals surface area contributed by atoms with Gasteiger partial charge in [0.15, 0.2) is 6.20 Å². The molecule has 2 aromatic heterocycles. The van der Waals surface area contributed by atoms with E-state index in [1.54, 1.807) is 24.3 Å². The molecule has 0 unspecified atom stereocenters. The van der Waals surface area contributed by atoms with E-state index in [9.17, 15) is 5.21 Å². The van der Waals surface area contributed by atoms with Gasteiger partial charge in [0, 0.05) is 33.7 Å². The molecule has 0 atom stereocenters. The van der Waals surface area contributed by atoms with Crippen molar-refractivity contribution in [1.82, 2.24) is 9.88 Å². The minimum atomic E-state index is 0.293. The first kappa shape index (κ1) is 22.4. The summed E-state index contributed by atoms with van der Waals surface area (Å²) in [5.74, 6) is 0.293. The van der Waals surface area contributed by atoms with E-state index in [2.05, 4.69) is 18.0 Å². The summed E-state index contributed by atoms with van der Waals surface area (Å²) in [5.41, 5.74) is 4.23. The van der Waals surface area contributed by atoms with Crippen molar-refractivity contribution in [3.05, 3.63) is 86.8 Å². The lowest BCUT2D eigenvalue weighted by Crippen LogP contribution is -2.30.